The molecule has 0 aliphatic rings. The molecule has 0 spiro atoms. The summed E-state index contributed by atoms with van der Waals surface area (Å²) >= 11 is 0. The molecule has 0 atom stereocenters. The van der Waals surface area contributed by atoms with Crippen LogP contribution in [-0.2, 0) is 0 Å². The van der Waals surface area contributed by atoms with Gasteiger partial charge in [0.1, 0.15) is 0 Å². The Morgan fingerprint density at radius 2 is 0.156 bits per heavy atom. The molecule has 4 aromatic carbocycles. The summed E-state index contributed by atoms with van der Waals surface area (Å²) in [5.41, 5.74) is 0. The zero-order chi connectivity index (χ0) is 25.0. The molecule has 0 radical (unpaired) electrons. The van der Waals surface area contributed by atoms with Crippen LogP contribution in [0.5, 0.6) is 0 Å². The Kier molecular flexibility index (Phi) is 52.4. The van der Waals surface area contributed by atoms with E-state index in [-0.39, 0.29) is 0 Å². The molecule has 0 aliphatic heterocycles. The second kappa shape index (κ2) is 46.2. The summed E-state index contributed by atoms with van der Waals surface area (Å²) in [5.74, 6) is 0. The SMILES string of the molecule is CC.CC.CC.CC.c1ccccc1.c1ccccc1.c1ccccc1.c1ccccc1. The fourth-order valence-corrected chi connectivity index (χ4v) is 1.54. The second-order valence-corrected chi connectivity index (χ2v) is 4.62. The average Bonchev–Trinajstić information content (AvgIpc) is 2.98. The summed E-state index contributed by atoms with van der Waals surface area (Å²) in [6, 6.07) is 48.0. The van der Waals surface area contributed by atoms with E-state index >= 15 is 0 Å². The van der Waals surface area contributed by atoms with Gasteiger partial charge in [-0.2, -0.15) is 0 Å². The Labute approximate surface area is 201 Å². The Morgan fingerprint density at radius 3 is 0.188 bits per heavy atom. The molecule has 4 aromatic rings. The minimum atomic E-state index is 2.00. The van der Waals surface area contributed by atoms with Crippen LogP contribution in [0.15, 0.2) is 146 Å². The largest absolute Gasteiger partial charge is 0.0683 e. The van der Waals surface area contributed by atoms with E-state index in [2.05, 4.69) is 0 Å². The van der Waals surface area contributed by atoms with E-state index in [4.69, 9.17) is 0 Å². The van der Waals surface area contributed by atoms with Crippen LogP contribution < -0.4 is 0 Å². The monoisotopic (exact) mass is 432 g/mol. The highest BCUT2D eigenvalue weighted by atomic mass is 13.7. The summed E-state index contributed by atoms with van der Waals surface area (Å²) in [6.07, 6.45) is 0. The molecule has 0 saturated carbocycles. The van der Waals surface area contributed by atoms with Crippen LogP contribution in [0.2, 0.25) is 0 Å². The highest BCUT2D eigenvalue weighted by molar-refractivity contribution is 5.00. The molecule has 0 heterocycles. The van der Waals surface area contributed by atoms with E-state index in [1.165, 1.54) is 0 Å². The van der Waals surface area contributed by atoms with Crippen molar-refractivity contribution >= 4 is 0 Å². The Morgan fingerprint density at radius 1 is 0.125 bits per heavy atom. The minimum absolute atomic E-state index is 2.00. The lowest BCUT2D eigenvalue weighted by molar-refractivity contribution is 1.50. The van der Waals surface area contributed by atoms with Crippen molar-refractivity contribution in [1.82, 2.24) is 0 Å². The van der Waals surface area contributed by atoms with Crippen molar-refractivity contribution in [3.8, 4) is 0 Å². The minimum Gasteiger partial charge on any atom is -0.0683 e. The first-order valence-corrected chi connectivity index (χ1v) is 12.0. The lowest BCUT2D eigenvalue weighted by Gasteiger charge is -1.69. The van der Waals surface area contributed by atoms with Crippen LogP contribution >= 0.6 is 0 Å². The topological polar surface area (TPSA) is 0 Å². The molecule has 0 amide bonds. The zero-order valence-electron chi connectivity index (χ0n) is 21.9. The molecule has 176 valence electrons. The third-order valence-electron chi connectivity index (χ3n) is 2.67. The molecular formula is C32H48. The highest BCUT2D eigenvalue weighted by Gasteiger charge is 1.59. The van der Waals surface area contributed by atoms with Gasteiger partial charge in [0.2, 0.25) is 0 Å². The average molecular weight is 433 g/mol. The van der Waals surface area contributed by atoms with Crippen molar-refractivity contribution in [2.75, 3.05) is 0 Å². The second-order valence-electron chi connectivity index (χ2n) is 4.62. The van der Waals surface area contributed by atoms with E-state index in [9.17, 15) is 0 Å². The molecule has 0 aliphatic carbocycles. The lowest BCUT2D eigenvalue weighted by atomic mass is 10.4. The zero-order valence-corrected chi connectivity index (χ0v) is 21.9. The number of benzene rings is 4. The summed E-state index contributed by atoms with van der Waals surface area (Å²) < 4.78 is 0. The quantitative estimate of drug-likeness (QED) is 0.259. The van der Waals surface area contributed by atoms with Crippen LogP contribution in [0, 0.1) is 0 Å². The fraction of sp³-hybridized carbons (Fsp3) is 0.250. The van der Waals surface area contributed by atoms with Gasteiger partial charge < -0.3 is 0 Å². The number of rotatable bonds is 0. The fourth-order valence-electron chi connectivity index (χ4n) is 1.54. The molecule has 0 heteroatoms. The molecule has 0 unspecified atom stereocenters. The maximum Gasteiger partial charge on any atom is -0.0623 e. The maximum absolute atomic E-state index is 2.00. The first-order chi connectivity index (χ1) is 16.0. The number of hydrogen-bond acceptors (Lipinski definition) is 0. The third-order valence-corrected chi connectivity index (χ3v) is 2.67. The van der Waals surface area contributed by atoms with E-state index in [0.717, 1.165) is 0 Å². The molecule has 0 fully saturated rings. The molecule has 0 aromatic heterocycles. The molecule has 0 nitrogen and oxygen atoms in total. The van der Waals surface area contributed by atoms with Gasteiger partial charge in [0.05, 0.1) is 0 Å². The van der Waals surface area contributed by atoms with Crippen LogP contribution in [0.3, 0.4) is 0 Å². The third kappa shape index (κ3) is 41.3. The van der Waals surface area contributed by atoms with Crippen LogP contribution in [-0.4, -0.2) is 0 Å². The molecular weight excluding hydrogens is 384 g/mol. The van der Waals surface area contributed by atoms with Crippen LogP contribution in [0.25, 0.3) is 0 Å². The van der Waals surface area contributed by atoms with Gasteiger partial charge in [-0.3, -0.25) is 0 Å². The predicted octanol–water partition coefficient (Wildman–Crippen LogP) is 10.9. The van der Waals surface area contributed by atoms with Gasteiger partial charge in [-0.05, 0) is 0 Å². The van der Waals surface area contributed by atoms with Crippen molar-refractivity contribution in [2.45, 2.75) is 55.4 Å². The molecule has 32 heavy (non-hydrogen) atoms. The van der Waals surface area contributed by atoms with Gasteiger partial charge in [-0.15, -0.1) is 0 Å². The van der Waals surface area contributed by atoms with Gasteiger partial charge in [0.15, 0.2) is 0 Å². The molecule has 0 N–H and O–H groups in total. The maximum atomic E-state index is 2.00. The normalized spacial score (nSPS) is 6.75. The van der Waals surface area contributed by atoms with Crippen LogP contribution in [0.1, 0.15) is 55.4 Å². The smallest absolute Gasteiger partial charge is 0.0623 e. The Balaban J connectivity index is -0.000000148. The summed E-state index contributed by atoms with van der Waals surface area (Å²) in [7, 11) is 0. The highest BCUT2D eigenvalue weighted by Crippen LogP contribution is 1.81. The van der Waals surface area contributed by atoms with Crippen molar-refractivity contribution in [1.29, 1.82) is 0 Å². The predicted molar refractivity (Wildman–Crippen MR) is 151 cm³/mol. The van der Waals surface area contributed by atoms with Crippen LogP contribution in [0.4, 0.5) is 0 Å². The van der Waals surface area contributed by atoms with E-state index in [1.54, 1.807) is 0 Å². The van der Waals surface area contributed by atoms with Crippen molar-refractivity contribution < 1.29 is 0 Å². The van der Waals surface area contributed by atoms with Gasteiger partial charge >= 0.3 is 0 Å². The van der Waals surface area contributed by atoms with Crippen molar-refractivity contribution in [3.05, 3.63) is 146 Å². The standard InChI is InChI=1S/4C6H6.4C2H6/c4*1-2-4-6-5-3-1;4*1-2/h4*1-6H;4*1-2H3. The Bertz CT molecular complexity index is 414. The summed E-state index contributed by atoms with van der Waals surface area (Å²) in [4.78, 5) is 0. The van der Waals surface area contributed by atoms with Crippen molar-refractivity contribution in [3.63, 3.8) is 0 Å². The van der Waals surface area contributed by atoms with Gasteiger partial charge in [0.25, 0.3) is 0 Å². The molecule has 0 saturated heterocycles. The van der Waals surface area contributed by atoms with E-state index in [0.29, 0.717) is 0 Å². The first-order valence-electron chi connectivity index (χ1n) is 12.0. The van der Waals surface area contributed by atoms with E-state index in [1.807, 2.05) is 201 Å². The van der Waals surface area contributed by atoms with Gasteiger partial charge in [0, 0.05) is 0 Å². The molecule has 4 rings (SSSR count). The Hall–Kier alpha value is -3.12. The first kappa shape index (κ1) is 36.3. The van der Waals surface area contributed by atoms with Crippen molar-refractivity contribution in [2.24, 2.45) is 0 Å². The summed E-state index contributed by atoms with van der Waals surface area (Å²) in [5, 5.41) is 0. The lowest BCUT2D eigenvalue weighted by Crippen LogP contribution is -1.47. The number of hydrogen-bond donors (Lipinski definition) is 0. The molecule has 0 bridgehead atoms. The van der Waals surface area contributed by atoms with E-state index < -0.39 is 0 Å². The van der Waals surface area contributed by atoms with Gasteiger partial charge in [-0.1, -0.05) is 201 Å². The summed E-state index contributed by atoms with van der Waals surface area (Å²) in [6.45, 7) is 16.0. The van der Waals surface area contributed by atoms with Gasteiger partial charge in [-0.25, -0.2) is 0 Å².